The summed E-state index contributed by atoms with van der Waals surface area (Å²) in [5.74, 6) is 0.194. The topological polar surface area (TPSA) is 12.0 Å². The predicted octanol–water partition coefficient (Wildman–Crippen LogP) is 3.24. The second kappa shape index (κ2) is 5.26. The van der Waals surface area contributed by atoms with Crippen LogP contribution in [0.5, 0.6) is 0 Å². The highest BCUT2D eigenvalue weighted by atomic mass is 19.1. The third kappa shape index (κ3) is 3.31. The maximum Gasteiger partial charge on any atom is 0.123 e. The van der Waals surface area contributed by atoms with E-state index in [1.165, 1.54) is 0 Å². The normalized spacial score (nSPS) is 15.0. The molecule has 0 saturated carbocycles. The SMILES string of the molecule is CCNC(C)C(C)c1cc(C)cc(F)c1. The van der Waals surface area contributed by atoms with Gasteiger partial charge in [0.25, 0.3) is 0 Å². The van der Waals surface area contributed by atoms with Crippen molar-refractivity contribution in [2.24, 2.45) is 0 Å². The van der Waals surface area contributed by atoms with Crippen LogP contribution in [-0.2, 0) is 0 Å². The van der Waals surface area contributed by atoms with Crippen LogP contribution in [-0.4, -0.2) is 12.6 Å². The number of hydrogen-bond acceptors (Lipinski definition) is 1. The molecule has 0 spiro atoms. The largest absolute Gasteiger partial charge is 0.314 e. The molecule has 2 unspecified atom stereocenters. The Morgan fingerprint density at radius 3 is 2.47 bits per heavy atom. The first-order chi connectivity index (χ1) is 7.04. The summed E-state index contributed by atoms with van der Waals surface area (Å²) < 4.78 is 13.2. The fourth-order valence-electron chi connectivity index (χ4n) is 1.81. The molecule has 0 heterocycles. The van der Waals surface area contributed by atoms with Crippen LogP contribution in [0.15, 0.2) is 18.2 Å². The Morgan fingerprint density at radius 1 is 1.27 bits per heavy atom. The zero-order valence-corrected chi connectivity index (χ0v) is 9.97. The minimum Gasteiger partial charge on any atom is -0.314 e. The van der Waals surface area contributed by atoms with Crippen LogP contribution in [0.1, 0.15) is 37.8 Å². The highest BCUT2D eigenvalue weighted by Crippen LogP contribution is 2.21. The van der Waals surface area contributed by atoms with Crippen molar-refractivity contribution in [2.45, 2.75) is 39.7 Å². The molecule has 1 nitrogen and oxygen atoms in total. The Morgan fingerprint density at radius 2 is 1.93 bits per heavy atom. The van der Waals surface area contributed by atoms with Crippen molar-refractivity contribution in [3.63, 3.8) is 0 Å². The third-order valence-corrected chi connectivity index (χ3v) is 2.87. The van der Waals surface area contributed by atoms with Crippen LogP contribution < -0.4 is 5.32 Å². The summed E-state index contributed by atoms with van der Waals surface area (Å²) >= 11 is 0. The van der Waals surface area contributed by atoms with E-state index in [1.807, 2.05) is 6.92 Å². The Hall–Kier alpha value is -0.890. The molecule has 0 aromatic heterocycles. The standard InChI is InChI=1S/C13H20FN/c1-5-15-11(4)10(3)12-6-9(2)7-13(14)8-12/h6-8,10-11,15H,5H2,1-4H3. The van der Waals surface area contributed by atoms with E-state index in [9.17, 15) is 4.39 Å². The van der Waals surface area contributed by atoms with Gasteiger partial charge in [-0.05, 0) is 49.6 Å². The quantitative estimate of drug-likeness (QED) is 0.802. The third-order valence-electron chi connectivity index (χ3n) is 2.87. The fourth-order valence-corrected chi connectivity index (χ4v) is 1.81. The summed E-state index contributed by atoms with van der Waals surface area (Å²) in [6.45, 7) is 9.22. The highest BCUT2D eigenvalue weighted by Gasteiger charge is 2.14. The molecule has 0 radical (unpaired) electrons. The molecule has 0 saturated heterocycles. The molecule has 1 N–H and O–H groups in total. The van der Waals surface area contributed by atoms with Gasteiger partial charge in [-0.15, -0.1) is 0 Å². The van der Waals surface area contributed by atoms with Gasteiger partial charge in [-0.1, -0.05) is 19.9 Å². The van der Waals surface area contributed by atoms with Crippen molar-refractivity contribution >= 4 is 0 Å². The second-order valence-corrected chi connectivity index (χ2v) is 4.20. The molecule has 1 rings (SSSR count). The first-order valence-electron chi connectivity index (χ1n) is 5.55. The van der Waals surface area contributed by atoms with E-state index in [2.05, 4.69) is 32.2 Å². The van der Waals surface area contributed by atoms with Gasteiger partial charge < -0.3 is 5.32 Å². The van der Waals surface area contributed by atoms with E-state index in [-0.39, 0.29) is 5.82 Å². The maximum absolute atomic E-state index is 13.2. The zero-order valence-electron chi connectivity index (χ0n) is 9.97. The van der Waals surface area contributed by atoms with Crippen molar-refractivity contribution in [1.82, 2.24) is 5.32 Å². The van der Waals surface area contributed by atoms with Gasteiger partial charge in [0.1, 0.15) is 5.82 Å². The number of aryl methyl sites for hydroxylation is 1. The van der Waals surface area contributed by atoms with Crippen LogP contribution in [0.2, 0.25) is 0 Å². The van der Waals surface area contributed by atoms with Crippen molar-refractivity contribution in [3.05, 3.63) is 35.1 Å². The van der Waals surface area contributed by atoms with E-state index in [4.69, 9.17) is 0 Å². The molecule has 0 fully saturated rings. The number of hydrogen-bond donors (Lipinski definition) is 1. The number of halogens is 1. The lowest BCUT2D eigenvalue weighted by molar-refractivity contribution is 0.492. The van der Waals surface area contributed by atoms with Crippen LogP contribution in [0.25, 0.3) is 0 Å². The van der Waals surface area contributed by atoms with Crippen LogP contribution in [0.4, 0.5) is 4.39 Å². The number of nitrogens with one attached hydrogen (secondary N) is 1. The van der Waals surface area contributed by atoms with E-state index < -0.39 is 0 Å². The zero-order chi connectivity index (χ0) is 11.4. The van der Waals surface area contributed by atoms with Gasteiger partial charge in [0.05, 0.1) is 0 Å². The van der Waals surface area contributed by atoms with Gasteiger partial charge >= 0.3 is 0 Å². The molecule has 15 heavy (non-hydrogen) atoms. The average molecular weight is 209 g/mol. The highest BCUT2D eigenvalue weighted by molar-refractivity contribution is 5.27. The monoisotopic (exact) mass is 209 g/mol. The maximum atomic E-state index is 13.2. The first-order valence-corrected chi connectivity index (χ1v) is 5.55. The van der Waals surface area contributed by atoms with E-state index in [0.717, 1.165) is 17.7 Å². The summed E-state index contributed by atoms with van der Waals surface area (Å²) in [7, 11) is 0. The Labute approximate surface area is 91.7 Å². The smallest absolute Gasteiger partial charge is 0.123 e. The Bertz CT molecular complexity index is 302. The molecule has 0 bridgehead atoms. The fraction of sp³-hybridized carbons (Fsp3) is 0.538. The lowest BCUT2D eigenvalue weighted by atomic mass is 9.93. The van der Waals surface area contributed by atoms with Crippen LogP contribution >= 0.6 is 0 Å². The molecule has 2 atom stereocenters. The molecule has 84 valence electrons. The molecular weight excluding hydrogens is 189 g/mol. The summed E-state index contributed by atoms with van der Waals surface area (Å²) in [5, 5.41) is 3.36. The molecule has 1 aromatic rings. The lowest BCUT2D eigenvalue weighted by Gasteiger charge is -2.21. The van der Waals surface area contributed by atoms with Crippen molar-refractivity contribution in [2.75, 3.05) is 6.54 Å². The number of rotatable bonds is 4. The molecule has 2 heteroatoms. The summed E-state index contributed by atoms with van der Waals surface area (Å²) in [6.07, 6.45) is 0. The molecule has 0 aliphatic carbocycles. The number of benzene rings is 1. The van der Waals surface area contributed by atoms with Gasteiger partial charge in [-0.25, -0.2) is 4.39 Å². The predicted molar refractivity (Wildman–Crippen MR) is 62.7 cm³/mol. The van der Waals surface area contributed by atoms with E-state index in [1.54, 1.807) is 12.1 Å². The van der Waals surface area contributed by atoms with Gasteiger partial charge in [-0.2, -0.15) is 0 Å². The average Bonchev–Trinajstić information content (AvgIpc) is 2.15. The minimum absolute atomic E-state index is 0.138. The lowest BCUT2D eigenvalue weighted by Crippen LogP contribution is -2.30. The van der Waals surface area contributed by atoms with Crippen molar-refractivity contribution < 1.29 is 4.39 Å². The van der Waals surface area contributed by atoms with Gasteiger partial charge in [-0.3, -0.25) is 0 Å². The van der Waals surface area contributed by atoms with E-state index in [0.29, 0.717) is 12.0 Å². The molecule has 1 aromatic carbocycles. The molecular formula is C13H20FN. The molecule has 0 aliphatic heterocycles. The Kier molecular flexibility index (Phi) is 4.28. The summed E-state index contributed by atoms with van der Waals surface area (Å²) in [4.78, 5) is 0. The first kappa shape index (κ1) is 12.2. The van der Waals surface area contributed by atoms with Crippen molar-refractivity contribution in [3.8, 4) is 0 Å². The number of likely N-dealkylation sites (N-methyl/N-ethyl adjacent to an activating group) is 1. The minimum atomic E-state index is -0.138. The van der Waals surface area contributed by atoms with Crippen LogP contribution in [0.3, 0.4) is 0 Å². The summed E-state index contributed by atoms with van der Waals surface area (Å²) in [6, 6.07) is 5.62. The Balaban J connectivity index is 2.85. The van der Waals surface area contributed by atoms with Crippen molar-refractivity contribution in [1.29, 1.82) is 0 Å². The second-order valence-electron chi connectivity index (χ2n) is 4.20. The van der Waals surface area contributed by atoms with Crippen LogP contribution in [0, 0.1) is 12.7 Å². The molecule has 0 aliphatic rings. The van der Waals surface area contributed by atoms with Gasteiger partial charge in [0.15, 0.2) is 0 Å². The molecule has 0 amide bonds. The van der Waals surface area contributed by atoms with Gasteiger partial charge in [0, 0.05) is 6.04 Å². The van der Waals surface area contributed by atoms with E-state index >= 15 is 0 Å². The summed E-state index contributed by atoms with van der Waals surface area (Å²) in [5.41, 5.74) is 2.06. The van der Waals surface area contributed by atoms with Gasteiger partial charge in [0.2, 0.25) is 0 Å².